The van der Waals surface area contributed by atoms with Crippen molar-refractivity contribution in [3.63, 3.8) is 0 Å². The van der Waals surface area contributed by atoms with E-state index in [0.29, 0.717) is 17.1 Å². The van der Waals surface area contributed by atoms with Crippen molar-refractivity contribution in [2.45, 2.75) is 13.5 Å². The number of amides is 1. The molecule has 7 heteroatoms. The lowest BCUT2D eigenvalue weighted by molar-refractivity contribution is 0.0954. The van der Waals surface area contributed by atoms with E-state index in [1.807, 2.05) is 0 Å². The molecule has 1 aromatic carbocycles. The van der Waals surface area contributed by atoms with Crippen LogP contribution >= 0.6 is 11.5 Å². The lowest BCUT2D eigenvalue weighted by Crippen LogP contribution is -2.44. The fourth-order valence-corrected chi connectivity index (χ4v) is 3.16. The molecule has 1 aliphatic heterocycles. The van der Waals surface area contributed by atoms with Crippen LogP contribution in [0.15, 0.2) is 24.3 Å². The molecule has 122 valence electrons. The van der Waals surface area contributed by atoms with E-state index in [0.717, 1.165) is 43.3 Å². The van der Waals surface area contributed by atoms with E-state index < -0.39 is 0 Å². The van der Waals surface area contributed by atoms with Crippen molar-refractivity contribution in [1.29, 1.82) is 0 Å². The Kier molecular flexibility index (Phi) is 4.88. The highest BCUT2D eigenvalue weighted by Gasteiger charge is 2.15. The van der Waals surface area contributed by atoms with Crippen LogP contribution in [0.3, 0.4) is 0 Å². The molecular weight excluding hydrogens is 310 g/mol. The molecule has 2 heterocycles. The van der Waals surface area contributed by atoms with Crippen LogP contribution in [0.5, 0.6) is 0 Å². The van der Waals surface area contributed by atoms with Crippen molar-refractivity contribution in [1.82, 2.24) is 19.8 Å². The van der Waals surface area contributed by atoms with Crippen molar-refractivity contribution in [2.75, 3.05) is 38.1 Å². The fourth-order valence-electron chi connectivity index (χ4n) is 2.59. The molecule has 23 heavy (non-hydrogen) atoms. The fraction of sp³-hybridized carbons (Fsp3) is 0.438. The van der Waals surface area contributed by atoms with Gasteiger partial charge in [0.05, 0.1) is 5.69 Å². The van der Waals surface area contributed by atoms with E-state index in [1.54, 1.807) is 6.92 Å². The number of carbonyl (C=O) groups is 1. The molecule has 1 saturated heterocycles. The van der Waals surface area contributed by atoms with Crippen molar-refractivity contribution >= 4 is 23.1 Å². The molecule has 0 aliphatic carbocycles. The second kappa shape index (κ2) is 7.06. The van der Waals surface area contributed by atoms with Crippen LogP contribution in [-0.2, 0) is 6.54 Å². The van der Waals surface area contributed by atoms with Gasteiger partial charge in [-0.15, -0.1) is 5.10 Å². The van der Waals surface area contributed by atoms with Crippen LogP contribution in [-0.4, -0.2) is 53.6 Å². The molecule has 0 bridgehead atoms. The van der Waals surface area contributed by atoms with Gasteiger partial charge in [-0.3, -0.25) is 4.79 Å². The number of nitrogens with zero attached hydrogens (tertiary/aromatic N) is 4. The predicted molar refractivity (Wildman–Crippen MR) is 92.0 cm³/mol. The second-order valence-electron chi connectivity index (χ2n) is 5.83. The number of likely N-dealkylation sites (N-methyl/N-ethyl adjacent to an activating group) is 1. The highest BCUT2D eigenvalue weighted by atomic mass is 32.1. The van der Waals surface area contributed by atoms with Crippen molar-refractivity contribution in [3.05, 3.63) is 40.4 Å². The van der Waals surface area contributed by atoms with E-state index in [4.69, 9.17) is 0 Å². The summed E-state index contributed by atoms with van der Waals surface area (Å²) in [5.74, 6) is -0.111. The first kappa shape index (κ1) is 15.9. The summed E-state index contributed by atoms with van der Waals surface area (Å²) >= 11 is 1.13. The van der Waals surface area contributed by atoms with E-state index in [1.165, 1.54) is 5.69 Å². The van der Waals surface area contributed by atoms with Crippen LogP contribution < -0.4 is 10.2 Å². The number of carbonyl (C=O) groups excluding carboxylic acids is 1. The molecular formula is C16H21N5OS. The maximum Gasteiger partial charge on any atom is 0.265 e. The number of nitrogens with one attached hydrogen (secondary N) is 1. The second-order valence-corrected chi connectivity index (χ2v) is 6.58. The molecule has 0 atom stereocenters. The Hall–Kier alpha value is -1.99. The standard InChI is InChI=1S/C16H21N5OS/c1-12-15(23-19-18-12)16(22)17-11-13-3-5-14(6-4-13)21-9-7-20(2)8-10-21/h3-6H,7-11H2,1-2H3,(H,17,22). The Balaban J connectivity index is 1.55. The number of benzene rings is 1. The zero-order chi connectivity index (χ0) is 16.2. The van der Waals surface area contributed by atoms with Crippen molar-refractivity contribution in [2.24, 2.45) is 0 Å². The van der Waals surface area contributed by atoms with Gasteiger partial charge in [-0.05, 0) is 43.2 Å². The number of piperazine rings is 1. The summed E-state index contributed by atoms with van der Waals surface area (Å²) in [5, 5.41) is 6.78. The summed E-state index contributed by atoms with van der Waals surface area (Å²) in [6.45, 7) is 6.62. The van der Waals surface area contributed by atoms with Gasteiger partial charge in [0.1, 0.15) is 4.88 Å². The quantitative estimate of drug-likeness (QED) is 0.921. The SMILES string of the molecule is Cc1nnsc1C(=O)NCc1ccc(N2CCN(C)CC2)cc1. The van der Waals surface area contributed by atoms with Crippen molar-refractivity contribution < 1.29 is 4.79 Å². The van der Waals surface area contributed by atoms with Crippen LogP contribution in [0.2, 0.25) is 0 Å². The molecule has 6 nitrogen and oxygen atoms in total. The predicted octanol–water partition coefficient (Wildman–Crippen LogP) is 1.53. The van der Waals surface area contributed by atoms with Gasteiger partial charge in [0.2, 0.25) is 0 Å². The third-order valence-corrected chi connectivity index (χ3v) is 4.94. The molecule has 2 aromatic rings. The molecule has 1 aromatic heterocycles. The maximum atomic E-state index is 12.1. The third-order valence-electron chi connectivity index (χ3n) is 4.12. The number of rotatable bonds is 4. The van der Waals surface area contributed by atoms with Crippen molar-refractivity contribution in [3.8, 4) is 0 Å². The molecule has 1 fully saturated rings. The number of hydrogen-bond acceptors (Lipinski definition) is 6. The Morgan fingerprint density at radius 1 is 1.22 bits per heavy atom. The first-order valence-electron chi connectivity index (χ1n) is 7.73. The Bertz CT molecular complexity index is 661. The summed E-state index contributed by atoms with van der Waals surface area (Å²) in [5.41, 5.74) is 3.01. The lowest BCUT2D eigenvalue weighted by Gasteiger charge is -2.34. The minimum Gasteiger partial charge on any atom is -0.369 e. The number of aromatic nitrogens is 2. The highest BCUT2D eigenvalue weighted by Crippen LogP contribution is 2.17. The van der Waals surface area contributed by atoms with Crippen LogP contribution in [0.4, 0.5) is 5.69 Å². The van der Waals surface area contributed by atoms with Gasteiger partial charge in [0.15, 0.2) is 0 Å². The minimum absolute atomic E-state index is 0.111. The summed E-state index contributed by atoms with van der Waals surface area (Å²) in [6, 6.07) is 8.41. The van der Waals surface area contributed by atoms with Gasteiger partial charge in [0, 0.05) is 38.4 Å². The van der Waals surface area contributed by atoms with Gasteiger partial charge >= 0.3 is 0 Å². The van der Waals surface area contributed by atoms with E-state index in [9.17, 15) is 4.79 Å². The largest absolute Gasteiger partial charge is 0.369 e. The Labute approximate surface area is 140 Å². The molecule has 0 radical (unpaired) electrons. The normalized spacial score (nSPS) is 15.7. The van der Waals surface area contributed by atoms with E-state index in [2.05, 4.69) is 56.0 Å². The van der Waals surface area contributed by atoms with Gasteiger partial charge in [0.25, 0.3) is 5.91 Å². The summed E-state index contributed by atoms with van der Waals surface area (Å²) in [4.78, 5) is 17.4. The maximum absolute atomic E-state index is 12.1. The van der Waals surface area contributed by atoms with Gasteiger partial charge in [-0.2, -0.15) is 0 Å². The van der Waals surface area contributed by atoms with E-state index >= 15 is 0 Å². The first-order chi connectivity index (χ1) is 11.1. The molecule has 1 amide bonds. The number of hydrogen-bond donors (Lipinski definition) is 1. The van der Waals surface area contributed by atoms with Gasteiger partial charge in [-0.25, -0.2) is 0 Å². The van der Waals surface area contributed by atoms with Crippen LogP contribution in [0.25, 0.3) is 0 Å². The lowest BCUT2D eigenvalue weighted by atomic mass is 10.1. The topological polar surface area (TPSA) is 61.4 Å². The monoisotopic (exact) mass is 331 g/mol. The first-order valence-corrected chi connectivity index (χ1v) is 8.50. The smallest absolute Gasteiger partial charge is 0.265 e. The minimum atomic E-state index is -0.111. The van der Waals surface area contributed by atoms with Crippen LogP contribution in [0, 0.1) is 6.92 Å². The molecule has 0 saturated carbocycles. The summed E-state index contributed by atoms with van der Waals surface area (Å²) < 4.78 is 3.79. The van der Waals surface area contributed by atoms with E-state index in [-0.39, 0.29) is 5.91 Å². The average molecular weight is 331 g/mol. The molecule has 3 rings (SSSR count). The third kappa shape index (κ3) is 3.86. The Morgan fingerprint density at radius 2 is 1.91 bits per heavy atom. The van der Waals surface area contributed by atoms with Gasteiger partial charge in [-0.1, -0.05) is 16.6 Å². The summed E-state index contributed by atoms with van der Waals surface area (Å²) in [7, 11) is 2.16. The summed E-state index contributed by atoms with van der Waals surface area (Å²) in [6.07, 6.45) is 0. The van der Waals surface area contributed by atoms with Gasteiger partial charge < -0.3 is 15.1 Å². The highest BCUT2D eigenvalue weighted by molar-refractivity contribution is 7.07. The zero-order valence-corrected chi connectivity index (χ0v) is 14.3. The zero-order valence-electron chi connectivity index (χ0n) is 13.5. The Morgan fingerprint density at radius 3 is 2.52 bits per heavy atom. The molecule has 0 unspecified atom stereocenters. The number of anilines is 1. The average Bonchev–Trinajstić information content (AvgIpc) is 3.00. The molecule has 0 spiro atoms. The molecule has 1 aliphatic rings. The molecule has 1 N–H and O–H groups in total. The van der Waals surface area contributed by atoms with Crippen LogP contribution in [0.1, 0.15) is 20.9 Å². The number of aryl methyl sites for hydroxylation is 1.